The van der Waals surface area contributed by atoms with Crippen LogP contribution in [0.4, 0.5) is 0 Å². The molecule has 0 aromatic heterocycles. The first-order chi connectivity index (χ1) is 7.48. The third kappa shape index (κ3) is 10.0. The Balaban J connectivity index is 3.49. The lowest BCUT2D eigenvalue weighted by Crippen LogP contribution is -2.22. The molecule has 0 aromatic carbocycles. The molecule has 0 spiro atoms. The van der Waals surface area contributed by atoms with Crippen LogP contribution in [-0.2, 0) is 4.79 Å². The van der Waals surface area contributed by atoms with E-state index in [2.05, 4.69) is 26.1 Å². The molecule has 0 aliphatic carbocycles. The number of rotatable bonds is 9. The maximum absolute atomic E-state index is 10.7. The SMILES string of the molecule is CCCCCCC(C)(C)CCCNC(C)=O. The first kappa shape index (κ1) is 15.5. The second kappa shape index (κ2) is 8.60. The molecule has 2 heteroatoms. The number of carbonyl (C=O) groups is 1. The number of hydrogen-bond acceptors (Lipinski definition) is 1. The monoisotopic (exact) mass is 227 g/mol. The van der Waals surface area contributed by atoms with Crippen LogP contribution < -0.4 is 5.32 Å². The van der Waals surface area contributed by atoms with Gasteiger partial charge in [0.15, 0.2) is 0 Å². The van der Waals surface area contributed by atoms with Crippen molar-refractivity contribution in [1.29, 1.82) is 0 Å². The maximum Gasteiger partial charge on any atom is 0.216 e. The lowest BCUT2D eigenvalue weighted by atomic mass is 9.82. The highest BCUT2D eigenvalue weighted by Gasteiger charge is 2.16. The molecule has 0 fully saturated rings. The molecule has 0 bridgehead atoms. The molecule has 0 atom stereocenters. The summed E-state index contributed by atoms with van der Waals surface area (Å²) in [7, 11) is 0. The fourth-order valence-corrected chi connectivity index (χ4v) is 1.99. The fourth-order valence-electron chi connectivity index (χ4n) is 1.99. The second-order valence-electron chi connectivity index (χ2n) is 5.56. The van der Waals surface area contributed by atoms with E-state index in [1.165, 1.54) is 38.5 Å². The lowest BCUT2D eigenvalue weighted by Gasteiger charge is -2.24. The van der Waals surface area contributed by atoms with Crippen molar-refractivity contribution in [2.75, 3.05) is 6.54 Å². The van der Waals surface area contributed by atoms with Crippen LogP contribution in [0.1, 0.15) is 72.6 Å². The summed E-state index contributed by atoms with van der Waals surface area (Å²) in [5.74, 6) is 0.0840. The maximum atomic E-state index is 10.7. The van der Waals surface area contributed by atoms with Crippen LogP contribution in [0.15, 0.2) is 0 Å². The van der Waals surface area contributed by atoms with E-state index in [0.717, 1.165) is 13.0 Å². The van der Waals surface area contributed by atoms with Crippen LogP contribution in [0, 0.1) is 5.41 Å². The van der Waals surface area contributed by atoms with Crippen molar-refractivity contribution >= 4 is 5.91 Å². The summed E-state index contributed by atoms with van der Waals surface area (Å²) < 4.78 is 0. The minimum atomic E-state index is 0.0840. The molecule has 0 saturated carbocycles. The summed E-state index contributed by atoms with van der Waals surface area (Å²) >= 11 is 0. The molecule has 16 heavy (non-hydrogen) atoms. The Labute approximate surface area is 101 Å². The third-order valence-corrected chi connectivity index (χ3v) is 3.11. The second-order valence-corrected chi connectivity index (χ2v) is 5.56. The minimum Gasteiger partial charge on any atom is -0.356 e. The summed E-state index contributed by atoms with van der Waals surface area (Å²) in [6, 6.07) is 0. The minimum absolute atomic E-state index is 0.0840. The fraction of sp³-hybridized carbons (Fsp3) is 0.929. The summed E-state index contributed by atoms with van der Waals surface area (Å²) in [6.45, 7) is 9.33. The van der Waals surface area contributed by atoms with Crippen LogP contribution in [0.2, 0.25) is 0 Å². The molecular weight excluding hydrogens is 198 g/mol. The van der Waals surface area contributed by atoms with Gasteiger partial charge in [-0.2, -0.15) is 0 Å². The van der Waals surface area contributed by atoms with E-state index >= 15 is 0 Å². The molecule has 1 N–H and O–H groups in total. The van der Waals surface area contributed by atoms with Crippen molar-refractivity contribution in [3.63, 3.8) is 0 Å². The number of amides is 1. The van der Waals surface area contributed by atoms with Gasteiger partial charge in [-0.25, -0.2) is 0 Å². The van der Waals surface area contributed by atoms with Gasteiger partial charge in [0.05, 0.1) is 0 Å². The summed E-state index contributed by atoms with van der Waals surface area (Å²) in [5, 5.41) is 2.86. The van der Waals surface area contributed by atoms with Gasteiger partial charge in [-0.05, 0) is 24.7 Å². The van der Waals surface area contributed by atoms with E-state index in [0.29, 0.717) is 5.41 Å². The van der Waals surface area contributed by atoms with Crippen molar-refractivity contribution in [2.45, 2.75) is 72.6 Å². The van der Waals surface area contributed by atoms with Gasteiger partial charge >= 0.3 is 0 Å². The van der Waals surface area contributed by atoms with Crippen LogP contribution in [0.3, 0.4) is 0 Å². The Kier molecular flexibility index (Phi) is 8.32. The first-order valence-corrected chi connectivity index (χ1v) is 6.72. The summed E-state index contributed by atoms with van der Waals surface area (Å²) in [5.41, 5.74) is 0.437. The van der Waals surface area contributed by atoms with Crippen molar-refractivity contribution in [3.8, 4) is 0 Å². The van der Waals surface area contributed by atoms with Gasteiger partial charge in [0.1, 0.15) is 0 Å². The molecule has 96 valence electrons. The molecule has 0 aromatic rings. The molecule has 0 heterocycles. The topological polar surface area (TPSA) is 29.1 Å². The molecule has 0 saturated heterocycles. The first-order valence-electron chi connectivity index (χ1n) is 6.72. The normalized spacial score (nSPS) is 11.5. The Morgan fingerprint density at radius 2 is 1.69 bits per heavy atom. The van der Waals surface area contributed by atoms with Crippen LogP contribution >= 0.6 is 0 Å². The number of nitrogens with one attached hydrogen (secondary N) is 1. The number of unbranched alkanes of at least 4 members (excludes halogenated alkanes) is 3. The Morgan fingerprint density at radius 3 is 2.25 bits per heavy atom. The lowest BCUT2D eigenvalue weighted by molar-refractivity contribution is -0.118. The molecule has 2 nitrogen and oxygen atoms in total. The van der Waals surface area contributed by atoms with E-state index in [1.807, 2.05) is 0 Å². The highest BCUT2D eigenvalue weighted by molar-refractivity contribution is 5.72. The van der Waals surface area contributed by atoms with Gasteiger partial charge in [0, 0.05) is 13.5 Å². The highest BCUT2D eigenvalue weighted by atomic mass is 16.1. The largest absolute Gasteiger partial charge is 0.356 e. The van der Waals surface area contributed by atoms with Crippen molar-refractivity contribution in [2.24, 2.45) is 5.41 Å². The van der Waals surface area contributed by atoms with E-state index in [9.17, 15) is 4.79 Å². The highest BCUT2D eigenvalue weighted by Crippen LogP contribution is 2.29. The molecular formula is C14H29NO. The van der Waals surface area contributed by atoms with E-state index in [1.54, 1.807) is 6.92 Å². The van der Waals surface area contributed by atoms with Gasteiger partial charge in [0.2, 0.25) is 5.91 Å². The van der Waals surface area contributed by atoms with Gasteiger partial charge in [0.25, 0.3) is 0 Å². The standard InChI is InChI=1S/C14H29NO/c1-5-6-7-8-10-14(3,4)11-9-12-15-13(2)16/h5-12H2,1-4H3,(H,15,16). The van der Waals surface area contributed by atoms with E-state index in [-0.39, 0.29) is 5.91 Å². The third-order valence-electron chi connectivity index (χ3n) is 3.11. The van der Waals surface area contributed by atoms with Crippen molar-refractivity contribution in [1.82, 2.24) is 5.32 Å². The quantitative estimate of drug-likeness (QED) is 0.595. The average molecular weight is 227 g/mol. The van der Waals surface area contributed by atoms with Gasteiger partial charge in [-0.1, -0.05) is 46.5 Å². The van der Waals surface area contributed by atoms with Gasteiger partial charge in [-0.3, -0.25) is 4.79 Å². The smallest absolute Gasteiger partial charge is 0.216 e. The van der Waals surface area contributed by atoms with Gasteiger partial charge in [-0.15, -0.1) is 0 Å². The molecule has 0 aliphatic rings. The van der Waals surface area contributed by atoms with Gasteiger partial charge < -0.3 is 5.32 Å². The molecule has 1 amide bonds. The summed E-state index contributed by atoms with van der Waals surface area (Å²) in [6.07, 6.45) is 9.00. The predicted molar refractivity (Wildman–Crippen MR) is 70.5 cm³/mol. The number of hydrogen-bond donors (Lipinski definition) is 1. The Morgan fingerprint density at radius 1 is 1.06 bits per heavy atom. The average Bonchev–Trinajstić information content (AvgIpc) is 2.19. The molecule has 0 rings (SSSR count). The van der Waals surface area contributed by atoms with E-state index in [4.69, 9.17) is 0 Å². The van der Waals surface area contributed by atoms with E-state index < -0.39 is 0 Å². The van der Waals surface area contributed by atoms with Crippen molar-refractivity contribution < 1.29 is 4.79 Å². The predicted octanol–water partition coefficient (Wildman–Crippen LogP) is 3.90. The summed E-state index contributed by atoms with van der Waals surface area (Å²) in [4.78, 5) is 10.7. The zero-order chi connectivity index (χ0) is 12.4. The Hall–Kier alpha value is -0.530. The molecule has 0 radical (unpaired) electrons. The van der Waals surface area contributed by atoms with Crippen LogP contribution in [0.5, 0.6) is 0 Å². The zero-order valence-electron chi connectivity index (χ0n) is 11.6. The van der Waals surface area contributed by atoms with Crippen molar-refractivity contribution in [3.05, 3.63) is 0 Å². The zero-order valence-corrected chi connectivity index (χ0v) is 11.6. The molecule has 0 aliphatic heterocycles. The number of carbonyl (C=O) groups excluding carboxylic acids is 1. The van der Waals surface area contributed by atoms with Crippen LogP contribution in [0.25, 0.3) is 0 Å². The molecule has 0 unspecified atom stereocenters. The Bertz CT molecular complexity index is 187. The van der Waals surface area contributed by atoms with Crippen LogP contribution in [-0.4, -0.2) is 12.5 Å².